The molecule has 86 valence electrons. The Bertz CT molecular complexity index is 245. The molecule has 0 aromatic rings. The molecule has 15 heavy (non-hydrogen) atoms. The average Bonchev–Trinajstić information content (AvgIpc) is 2.47. The molecular weight excluding hydrogens is 196 g/mol. The largest absolute Gasteiger partial charge is 0.516 e. The van der Waals surface area contributed by atoms with E-state index < -0.39 is 5.79 Å². The maximum Gasteiger partial charge on any atom is 0.164 e. The standard InChI is InChI=1S/C11H18O4/c1-11(2)14-9(5-3-7-12)10(15-11)6-4-8-13/h3-5,8-10,12-13H,6-7H2,1-2H3/b5-3+,8-4+/t9-,10-/m1/s1. The minimum Gasteiger partial charge on any atom is -0.516 e. The molecule has 0 unspecified atom stereocenters. The molecule has 0 radical (unpaired) electrons. The van der Waals surface area contributed by atoms with Crippen LogP contribution in [0.15, 0.2) is 24.5 Å². The summed E-state index contributed by atoms with van der Waals surface area (Å²) >= 11 is 0. The van der Waals surface area contributed by atoms with Gasteiger partial charge in [0.15, 0.2) is 5.79 Å². The van der Waals surface area contributed by atoms with Crippen molar-refractivity contribution in [2.75, 3.05) is 6.61 Å². The van der Waals surface area contributed by atoms with Crippen molar-refractivity contribution in [1.82, 2.24) is 0 Å². The van der Waals surface area contributed by atoms with Crippen LogP contribution in [-0.4, -0.2) is 34.8 Å². The van der Waals surface area contributed by atoms with Crippen molar-refractivity contribution in [3.63, 3.8) is 0 Å². The minimum atomic E-state index is -0.613. The van der Waals surface area contributed by atoms with Crippen molar-refractivity contribution in [2.24, 2.45) is 0 Å². The van der Waals surface area contributed by atoms with E-state index in [0.29, 0.717) is 6.42 Å². The maximum atomic E-state index is 8.68. The van der Waals surface area contributed by atoms with Gasteiger partial charge in [-0.25, -0.2) is 0 Å². The molecule has 0 aliphatic carbocycles. The fraction of sp³-hybridized carbons (Fsp3) is 0.636. The van der Waals surface area contributed by atoms with Gasteiger partial charge >= 0.3 is 0 Å². The summed E-state index contributed by atoms with van der Waals surface area (Å²) in [5.41, 5.74) is 0. The molecule has 1 aliphatic heterocycles. The quantitative estimate of drug-likeness (QED) is 0.550. The molecule has 0 amide bonds. The van der Waals surface area contributed by atoms with Crippen molar-refractivity contribution < 1.29 is 19.7 Å². The lowest BCUT2D eigenvalue weighted by atomic mass is 10.1. The van der Waals surface area contributed by atoms with Gasteiger partial charge in [-0.15, -0.1) is 0 Å². The monoisotopic (exact) mass is 214 g/mol. The smallest absolute Gasteiger partial charge is 0.164 e. The van der Waals surface area contributed by atoms with Crippen LogP contribution in [0.4, 0.5) is 0 Å². The molecule has 0 aromatic heterocycles. The summed E-state index contributed by atoms with van der Waals surface area (Å²) in [7, 11) is 0. The summed E-state index contributed by atoms with van der Waals surface area (Å²) < 4.78 is 11.3. The van der Waals surface area contributed by atoms with Crippen LogP contribution in [0.5, 0.6) is 0 Å². The molecule has 0 aromatic carbocycles. The number of hydrogen-bond acceptors (Lipinski definition) is 4. The first-order chi connectivity index (χ1) is 7.09. The highest BCUT2D eigenvalue weighted by Gasteiger charge is 2.38. The van der Waals surface area contributed by atoms with E-state index in [1.54, 1.807) is 18.2 Å². The lowest BCUT2D eigenvalue weighted by Crippen LogP contribution is -2.21. The van der Waals surface area contributed by atoms with Gasteiger partial charge in [0.1, 0.15) is 6.10 Å². The second-order valence-corrected chi connectivity index (χ2v) is 3.87. The lowest BCUT2D eigenvalue weighted by Gasteiger charge is -2.16. The van der Waals surface area contributed by atoms with Crippen LogP contribution in [0.3, 0.4) is 0 Å². The van der Waals surface area contributed by atoms with Gasteiger partial charge in [0.05, 0.1) is 19.0 Å². The second kappa shape index (κ2) is 5.30. The van der Waals surface area contributed by atoms with E-state index in [9.17, 15) is 0 Å². The van der Waals surface area contributed by atoms with E-state index in [1.165, 1.54) is 0 Å². The van der Waals surface area contributed by atoms with Crippen LogP contribution >= 0.6 is 0 Å². The van der Waals surface area contributed by atoms with Crippen LogP contribution in [-0.2, 0) is 9.47 Å². The summed E-state index contributed by atoms with van der Waals surface area (Å²) in [6.07, 6.45) is 6.32. The number of aliphatic hydroxyl groups excluding tert-OH is 2. The molecule has 4 nitrogen and oxygen atoms in total. The molecule has 1 saturated heterocycles. The van der Waals surface area contributed by atoms with Crippen molar-refractivity contribution in [3.05, 3.63) is 24.5 Å². The summed E-state index contributed by atoms with van der Waals surface area (Å²) in [6.45, 7) is 3.67. The summed E-state index contributed by atoms with van der Waals surface area (Å²) in [5.74, 6) is -0.613. The Hall–Kier alpha value is -0.840. The predicted molar refractivity (Wildman–Crippen MR) is 56.4 cm³/mol. The Balaban J connectivity index is 2.61. The molecule has 1 fully saturated rings. The summed E-state index contributed by atoms with van der Waals surface area (Å²) in [6, 6.07) is 0. The van der Waals surface area contributed by atoms with E-state index in [0.717, 1.165) is 6.26 Å². The molecule has 2 N–H and O–H groups in total. The molecule has 0 bridgehead atoms. The summed E-state index contributed by atoms with van der Waals surface area (Å²) in [4.78, 5) is 0. The van der Waals surface area contributed by atoms with Crippen molar-refractivity contribution >= 4 is 0 Å². The Labute approximate surface area is 89.8 Å². The van der Waals surface area contributed by atoms with Crippen LogP contribution in [0.1, 0.15) is 20.3 Å². The molecule has 4 heteroatoms. The number of rotatable bonds is 4. The third-order valence-electron chi connectivity index (χ3n) is 2.13. The predicted octanol–water partition coefficient (Wildman–Crippen LogP) is 1.52. The van der Waals surface area contributed by atoms with Gasteiger partial charge in [-0.2, -0.15) is 0 Å². The highest BCUT2D eigenvalue weighted by molar-refractivity contribution is 5.00. The van der Waals surface area contributed by atoms with E-state index in [2.05, 4.69) is 0 Å². The first-order valence-electron chi connectivity index (χ1n) is 5.01. The van der Waals surface area contributed by atoms with Crippen LogP contribution < -0.4 is 0 Å². The van der Waals surface area contributed by atoms with Crippen LogP contribution in [0, 0.1) is 0 Å². The van der Waals surface area contributed by atoms with Gasteiger partial charge in [0.25, 0.3) is 0 Å². The third kappa shape index (κ3) is 3.66. The maximum absolute atomic E-state index is 8.68. The molecule has 1 rings (SSSR count). The zero-order chi connectivity index (χ0) is 11.3. The molecule has 1 heterocycles. The molecule has 0 saturated carbocycles. The van der Waals surface area contributed by atoms with Crippen molar-refractivity contribution in [2.45, 2.75) is 38.3 Å². The van der Waals surface area contributed by atoms with Gasteiger partial charge in [-0.1, -0.05) is 12.2 Å². The fourth-order valence-electron chi connectivity index (χ4n) is 1.60. The molecule has 1 aliphatic rings. The number of hydrogen-bond donors (Lipinski definition) is 2. The Morgan fingerprint density at radius 3 is 2.60 bits per heavy atom. The first-order valence-corrected chi connectivity index (χ1v) is 5.01. The number of ether oxygens (including phenoxy) is 2. The van der Waals surface area contributed by atoms with E-state index in [-0.39, 0.29) is 18.8 Å². The van der Waals surface area contributed by atoms with Gasteiger partial charge in [0, 0.05) is 0 Å². The number of aliphatic hydroxyl groups is 2. The Morgan fingerprint density at radius 2 is 2.00 bits per heavy atom. The van der Waals surface area contributed by atoms with E-state index in [1.807, 2.05) is 13.8 Å². The zero-order valence-electron chi connectivity index (χ0n) is 9.09. The molecule has 2 atom stereocenters. The topological polar surface area (TPSA) is 58.9 Å². The highest BCUT2D eigenvalue weighted by Crippen LogP contribution is 2.30. The third-order valence-corrected chi connectivity index (χ3v) is 2.13. The fourth-order valence-corrected chi connectivity index (χ4v) is 1.60. The summed E-state index contributed by atoms with van der Waals surface area (Å²) in [5, 5.41) is 17.3. The zero-order valence-corrected chi connectivity index (χ0v) is 9.09. The van der Waals surface area contributed by atoms with Crippen LogP contribution in [0.2, 0.25) is 0 Å². The Kier molecular flexibility index (Phi) is 4.32. The Morgan fingerprint density at radius 1 is 1.27 bits per heavy atom. The SMILES string of the molecule is CC1(C)O[C@H](/C=C/CO)[C@@H](C/C=C/O)O1. The second-order valence-electron chi connectivity index (χ2n) is 3.87. The van der Waals surface area contributed by atoms with Crippen LogP contribution in [0.25, 0.3) is 0 Å². The van der Waals surface area contributed by atoms with Gasteiger partial charge < -0.3 is 19.7 Å². The molecule has 0 spiro atoms. The van der Waals surface area contributed by atoms with Gasteiger partial charge in [0.2, 0.25) is 0 Å². The lowest BCUT2D eigenvalue weighted by molar-refractivity contribution is -0.142. The van der Waals surface area contributed by atoms with Crippen molar-refractivity contribution in [3.8, 4) is 0 Å². The van der Waals surface area contributed by atoms with E-state index >= 15 is 0 Å². The average molecular weight is 214 g/mol. The van der Waals surface area contributed by atoms with E-state index in [4.69, 9.17) is 19.7 Å². The minimum absolute atomic E-state index is 0.0111. The normalized spacial score (nSPS) is 30.6. The van der Waals surface area contributed by atoms with Crippen molar-refractivity contribution in [1.29, 1.82) is 0 Å². The first kappa shape index (κ1) is 12.2. The van der Waals surface area contributed by atoms with Gasteiger partial charge in [-0.05, 0) is 26.3 Å². The molecular formula is C11H18O4. The van der Waals surface area contributed by atoms with Gasteiger partial charge in [-0.3, -0.25) is 0 Å². The highest BCUT2D eigenvalue weighted by atomic mass is 16.7.